The zero-order chi connectivity index (χ0) is 37.3. The predicted molar refractivity (Wildman–Crippen MR) is 215 cm³/mol. The lowest BCUT2D eigenvalue weighted by Gasteiger charge is -2.38. The molecule has 2 aliphatic heterocycles. The molecular formula is C47H25N7O2. The van der Waals surface area contributed by atoms with Gasteiger partial charge in [0, 0.05) is 34.0 Å². The van der Waals surface area contributed by atoms with Crippen LogP contribution in [0, 0.1) is 22.7 Å². The first-order valence-corrected chi connectivity index (χ1v) is 18.0. The minimum absolute atomic E-state index is 0.490. The molecule has 0 N–H and O–H groups in total. The van der Waals surface area contributed by atoms with Crippen LogP contribution >= 0.6 is 0 Å². The number of hydrogen-bond donors (Lipinski definition) is 0. The van der Waals surface area contributed by atoms with Gasteiger partial charge in [0.2, 0.25) is 5.95 Å². The molecule has 9 heteroatoms. The molecule has 2 aliphatic rings. The van der Waals surface area contributed by atoms with E-state index in [1.54, 1.807) is 24.3 Å². The molecule has 0 saturated heterocycles. The van der Waals surface area contributed by atoms with Crippen molar-refractivity contribution in [2.75, 3.05) is 4.90 Å². The molecule has 0 aliphatic carbocycles. The Morgan fingerprint density at radius 3 is 1.59 bits per heavy atom. The van der Waals surface area contributed by atoms with Gasteiger partial charge in [0.25, 0.3) is 0 Å². The summed E-state index contributed by atoms with van der Waals surface area (Å²) in [6, 6.07) is 53.8. The van der Waals surface area contributed by atoms with Crippen LogP contribution in [0.25, 0.3) is 61.7 Å². The van der Waals surface area contributed by atoms with Crippen LogP contribution in [0.5, 0.6) is 23.0 Å². The molecule has 11 rings (SSSR count). The van der Waals surface area contributed by atoms with Gasteiger partial charge in [0.1, 0.15) is 5.69 Å². The summed E-state index contributed by atoms with van der Waals surface area (Å²) in [6.07, 6.45) is 0. The Bertz CT molecular complexity index is 3030. The van der Waals surface area contributed by atoms with Gasteiger partial charge in [-0.15, -0.1) is 0 Å². The Morgan fingerprint density at radius 2 is 1.00 bits per heavy atom. The maximum absolute atomic E-state index is 9.71. The summed E-state index contributed by atoms with van der Waals surface area (Å²) in [7, 11) is 0. The summed E-state index contributed by atoms with van der Waals surface area (Å²) in [4.78, 5) is 17.1. The SMILES string of the molecule is N#Cc1ccc2c(c1)Oc1cc(-c3ccc4c(c3)c3ccccc3n4-c3nc(-c4ccccc4)nc(-c4ccccc4)n3)cc3c1N2c1ccc(C#N)cc1O3. The van der Waals surface area contributed by atoms with Crippen LogP contribution in [0.3, 0.4) is 0 Å². The van der Waals surface area contributed by atoms with E-state index in [0.29, 0.717) is 51.7 Å². The van der Waals surface area contributed by atoms with Crippen molar-refractivity contribution >= 4 is 38.9 Å². The number of nitrogens with zero attached hydrogens (tertiary/aromatic N) is 7. The van der Waals surface area contributed by atoms with Crippen LogP contribution in [0.1, 0.15) is 11.1 Å². The number of rotatable bonds is 4. The van der Waals surface area contributed by atoms with Crippen molar-refractivity contribution in [2.24, 2.45) is 0 Å². The lowest BCUT2D eigenvalue weighted by molar-refractivity contribution is 0.446. The predicted octanol–water partition coefficient (Wildman–Crippen LogP) is 11.4. The lowest BCUT2D eigenvalue weighted by atomic mass is 9.99. The fourth-order valence-electron chi connectivity index (χ4n) is 7.70. The molecular weight excluding hydrogens is 695 g/mol. The molecule has 56 heavy (non-hydrogen) atoms. The maximum Gasteiger partial charge on any atom is 0.238 e. The molecule has 260 valence electrons. The van der Waals surface area contributed by atoms with Crippen molar-refractivity contribution in [1.82, 2.24) is 19.5 Å². The zero-order valence-corrected chi connectivity index (χ0v) is 29.4. The number of aromatic nitrogens is 4. The maximum atomic E-state index is 9.71. The van der Waals surface area contributed by atoms with E-state index < -0.39 is 0 Å². The average Bonchev–Trinajstić information content (AvgIpc) is 3.60. The summed E-state index contributed by atoms with van der Waals surface area (Å²) in [6.45, 7) is 0. The van der Waals surface area contributed by atoms with Crippen molar-refractivity contribution in [1.29, 1.82) is 10.5 Å². The molecule has 7 aromatic carbocycles. The molecule has 0 bridgehead atoms. The van der Waals surface area contributed by atoms with E-state index in [1.807, 2.05) is 97.1 Å². The van der Waals surface area contributed by atoms with Crippen LogP contribution in [0.4, 0.5) is 17.1 Å². The summed E-state index contributed by atoms with van der Waals surface area (Å²) in [5, 5.41) is 21.5. The Morgan fingerprint density at radius 1 is 0.446 bits per heavy atom. The zero-order valence-electron chi connectivity index (χ0n) is 29.4. The highest BCUT2D eigenvalue weighted by molar-refractivity contribution is 6.10. The first-order valence-electron chi connectivity index (χ1n) is 18.0. The van der Waals surface area contributed by atoms with Crippen LogP contribution in [-0.2, 0) is 0 Å². The van der Waals surface area contributed by atoms with Gasteiger partial charge in [-0.05, 0) is 65.7 Å². The van der Waals surface area contributed by atoms with Crippen molar-refractivity contribution in [3.05, 3.63) is 163 Å². The molecule has 4 heterocycles. The minimum atomic E-state index is 0.490. The first-order chi connectivity index (χ1) is 27.6. The van der Waals surface area contributed by atoms with Gasteiger partial charge in [0.15, 0.2) is 34.6 Å². The number of ether oxygens (including phenoxy) is 2. The molecule has 0 atom stereocenters. The quantitative estimate of drug-likeness (QED) is 0.177. The lowest BCUT2D eigenvalue weighted by Crippen LogP contribution is -2.20. The van der Waals surface area contributed by atoms with Crippen LogP contribution < -0.4 is 14.4 Å². The van der Waals surface area contributed by atoms with Crippen LogP contribution in [-0.4, -0.2) is 19.5 Å². The van der Waals surface area contributed by atoms with E-state index in [-0.39, 0.29) is 0 Å². The van der Waals surface area contributed by atoms with Crippen molar-refractivity contribution < 1.29 is 9.47 Å². The number of para-hydroxylation sites is 1. The fourth-order valence-corrected chi connectivity index (χ4v) is 7.70. The molecule has 0 unspecified atom stereocenters. The summed E-state index contributed by atoms with van der Waals surface area (Å²) in [5.41, 5.74) is 8.78. The fraction of sp³-hybridized carbons (Fsp3) is 0. The second kappa shape index (κ2) is 12.1. The summed E-state index contributed by atoms with van der Waals surface area (Å²) < 4.78 is 15.2. The normalized spacial score (nSPS) is 12.1. The monoisotopic (exact) mass is 719 g/mol. The van der Waals surface area contributed by atoms with E-state index in [2.05, 4.69) is 51.9 Å². The minimum Gasteiger partial charge on any atom is -0.453 e. The number of fused-ring (bicyclic) bond motifs is 7. The number of anilines is 3. The van der Waals surface area contributed by atoms with Gasteiger partial charge in [-0.2, -0.15) is 20.5 Å². The van der Waals surface area contributed by atoms with Crippen LogP contribution in [0.15, 0.2) is 152 Å². The highest BCUT2D eigenvalue weighted by atomic mass is 16.5. The Kier molecular flexibility index (Phi) is 6.78. The smallest absolute Gasteiger partial charge is 0.238 e. The Labute approximate surface area is 320 Å². The third-order valence-corrected chi connectivity index (χ3v) is 10.3. The second-order valence-electron chi connectivity index (χ2n) is 13.5. The Balaban J connectivity index is 1.10. The number of hydrogen-bond acceptors (Lipinski definition) is 8. The van der Waals surface area contributed by atoms with E-state index in [4.69, 9.17) is 24.4 Å². The molecule has 9 nitrogen and oxygen atoms in total. The third-order valence-electron chi connectivity index (χ3n) is 10.3. The molecule has 0 saturated carbocycles. The largest absolute Gasteiger partial charge is 0.453 e. The Hall–Kier alpha value is -8.27. The van der Waals surface area contributed by atoms with Gasteiger partial charge >= 0.3 is 0 Å². The summed E-state index contributed by atoms with van der Waals surface area (Å²) in [5.74, 6) is 3.97. The van der Waals surface area contributed by atoms with E-state index in [1.165, 1.54) is 0 Å². The molecule has 0 amide bonds. The molecule has 0 fully saturated rings. The molecule has 0 radical (unpaired) electrons. The van der Waals surface area contributed by atoms with E-state index in [9.17, 15) is 10.5 Å². The second-order valence-corrected chi connectivity index (χ2v) is 13.5. The van der Waals surface area contributed by atoms with Gasteiger partial charge in [-0.3, -0.25) is 9.47 Å². The average molecular weight is 720 g/mol. The highest BCUT2D eigenvalue weighted by Crippen LogP contribution is 2.60. The molecule has 0 spiro atoms. The van der Waals surface area contributed by atoms with Gasteiger partial charge in [-0.1, -0.05) is 84.9 Å². The van der Waals surface area contributed by atoms with Gasteiger partial charge < -0.3 is 9.47 Å². The number of benzene rings is 7. The first kappa shape index (κ1) is 31.3. The number of nitriles is 2. The van der Waals surface area contributed by atoms with Gasteiger partial charge in [-0.25, -0.2) is 4.98 Å². The van der Waals surface area contributed by atoms with Crippen molar-refractivity contribution in [3.8, 4) is 75.0 Å². The molecule has 9 aromatic rings. The van der Waals surface area contributed by atoms with E-state index in [0.717, 1.165) is 61.1 Å². The third kappa shape index (κ3) is 4.82. The van der Waals surface area contributed by atoms with Crippen molar-refractivity contribution in [3.63, 3.8) is 0 Å². The highest BCUT2D eigenvalue weighted by Gasteiger charge is 2.35. The van der Waals surface area contributed by atoms with Gasteiger partial charge in [0.05, 0.1) is 45.7 Å². The summed E-state index contributed by atoms with van der Waals surface area (Å²) >= 11 is 0. The standard InChI is InChI=1S/C47H25N7O2/c48-26-28-15-18-38-40(21-28)55-42-24-33(25-43-44(42)53(38)39-19-16-29(27-49)22-41(39)56-43)32-17-20-37-35(23-32)34-13-7-8-14-36(34)54(37)47-51-45(30-9-3-1-4-10-30)50-46(52-47)31-11-5-2-6-12-31/h1-25H. The van der Waals surface area contributed by atoms with E-state index >= 15 is 0 Å². The van der Waals surface area contributed by atoms with Crippen LogP contribution in [0.2, 0.25) is 0 Å². The molecule has 2 aromatic heterocycles. The topological polar surface area (TPSA) is 113 Å². The van der Waals surface area contributed by atoms with Crippen molar-refractivity contribution in [2.45, 2.75) is 0 Å².